The first-order chi connectivity index (χ1) is 8.29. The number of likely N-dealkylation sites (N-methyl/N-ethyl adjacent to an activating group) is 1. The van der Waals surface area contributed by atoms with E-state index in [2.05, 4.69) is 10.6 Å². The minimum Gasteiger partial charge on any atom is -0.492 e. The molecule has 1 amide bonds. The van der Waals surface area contributed by atoms with Gasteiger partial charge in [-0.25, -0.2) is 0 Å². The highest BCUT2D eigenvalue weighted by Gasteiger charge is 2.13. The molecule has 1 aromatic rings. The summed E-state index contributed by atoms with van der Waals surface area (Å²) in [6.45, 7) is 1.48. The molecule has 0 saturated heterocycles. The summed E-state index contributed by atoms with van der Waals surface area (Å²) in [7, 11) is 1.90. The fourth-order valence-electron chi connectivity index (χ4n) is 1.91. The molecule has 4 heteroatoms. The molecule has 92 valence electrons. The van der Waals surface area contributed by atoms with Crippen LogP contribution in [0.5, 0.6) is 5.75 Å². The molecular weight excluding hydrogens is 216 g/mol. The molecule has 2 rings (SSSR count). The van der Waals surface area contributed by atoms with Gasteiger partial charge in [0, 0.05) is 18.7 Å². The van der Waals surface area contributed by atoms with Gasteiger partial charge in [0.05, 0.1) is 0 Å². The molecule has 0 radical (unpaired) electrons. The maximum absolute atomic E-state index is 11.4. The fourth-order valence-corrected chi connectivity index (χ4v) is 1.91. The van der Waals surface area contributed by atoms with Crippen molar-refractivity contribution in [3.63, 3.8) is 0 Å². The van der Waals surface area contributed by atoms with Gasteiger partial charge in [-0.2, -0.15) is 0 Å². The van der Waals surface area contributed by atoms with E-state index >= 15 is 0 Å². The summed E-state index contributed by atoms with van der Waals surface area (Å²) in [4.78, 5) is 11.4. The fraction of sp³-hybridized carbons (Fsp3) is 0.462. The van der Waals surface area contributed by atoms with Gasteiger partial charge in [-0.15, -0.1) is 0 Å². The van der Waals surface area contributed by atoms with Crippen LogP contribution >= 0.6 is 0 Å². The molecule has 0 spiro atoms. The van der Waals surface area contributed by atoms with E-state index in [4.69, 9.17) is 4.74 Å². The van der Waals surface area contributed by atoms with Gasteiger partial charge >= 0.3 is 0 Å². The van der Waals surface area contributed by atoms with Crippen LogP contribution in [0.1, 0.15) is 18.4 Å². The van der Waals surface area contributed by atoms with Crippen molar-refractivity contribution in [3.8, 4) is 5.75 Å². The minimum atomic E-state index is 0.104. The van der Waals surface area contributed by atoms with Crippen LogP contribution < -0.4 is 15.4 Å². The van der Waals surface area contributed by atoms with E-state index in [1.165, 1.54) is 0 Å². The Hall–Kier alpha value is -1.55. The molecule has 0 unspecified atom stereocenters. The lowest BCUT2D eigenvalue weighted by Gasteiger charge is -2.10. The zero-order chi connectivity index (χ0) is 12.1. The Balaban J connectivity index is 2.07. The van der Waals surface area contributed by atoms with Crippen LogP contribution in [0.2, 0.25) is 0 Å². The summed E-state index contributed by atoms with van der Waals surface area (Å²) in [6.07, 6.45) is 2.43. The van der Waals surface area contributed by atoms with Crippen molar-refractivity contribution < 1.29 is 9.53 Å². The van der Waals surface area contributed by atoms with Gasteiger partial charge in [-0.1, -0.05) is 0 Å². The molecule has 0 bridgehead atoms. The van der Waals surface area contributed by atoms with E-state index in [1.807, 2.05) is 25.2 Å². The summed E-state index contributed by atoms with van der Waals surface area (Å²) in [5.41, 5.74) is 2.09. The van der Waals surface area contributed by atoms with Crippen LogP contribution in [0.3, 0.4) is 0 Å². The van der Waals surface area contributed by atoms with E-state index in [-0.39, 0.29) is 5.91 Å². The summed E-state index contributed by atoms with van der Waals surface area (Å²) in [5, 5.41) is 5.94. The molecule has 0 atom stereocenters. The molecule has 1 aromatic carbocycles. The number of fused-ring (bicyclic) bond motifs is 1. The van der Waals surface area contributed by atoms with Crippen LogP contribution in [-0.2, 0) is 11.2 Å². The SMILES string of the molecule is CNCCOc1ccc2c(c1)CCCC(=O)N2. The standard InChI is InChI=1S/C13H18N2O2/c1-14-7-8-17-11-5-6-12-10(9-11)3-2-4-13(16)15-12/h5-6,9,14H,2-4,7-8H2,1H3,(H,15,16). The van der Waals surface area contributed by atoms with Gasteiger partial charge in [-0.05, 0) is 43.7 Å². The third-order valence-corrected chi connectivity index (χ3v) is 2.82. The Labute approximate surface area is 101 Å². The monoisotopic (exact) mass is 234 g/mol. The van der Waals surface area contributed by atoms with Crippen LogP contribution in [0.4, 0.5) is 5.69 Å². The predicted molar refractivity (Wildman–Crippen MR) is 67.4 cm³/mol. The molecule has 0 aromatic heterocycles. The number of hydrogen-bond donors (Lipinski definition) is 2. The zero-order valence-electron chi connectivity index (χ0n) is 10.1. The number of ether oxygens (including phenoxy) is 1. The maximum atomic E-state index is 11.4. The number of rotatable bonds is 4. The quantitative estimate of drug-likeness (QED) is 0.777. The maximum Gasteiger partial charge on any atom is 0.224 e. The van der Waals surface area contributed by atoms with E-state index in [0.29, 0.717) is 13.0 Å². The van der Waals surface area contributed by atoms with Crippen molar-refractivity contribution in [2.24, 2.45) is 0 Å². The van der Waals surface area contributed by atoms with Crippen molar-refractivity contribution in [1.29, 1.82) is 0 Å². The van der Waals surface area contributed by atoms with Gasteiger partial charge in [0.1, 0.15) is 12.4 Å². The second-order valence-electron chi connectivity index (χ2n) is 4.17. The van der Waals surface area contributed by atoms with Crippen LogP contribution in [-0.4, -0.2) is 26.1 Å². The van der Waals surface area contributed by atoms with E-state index < -0.39 is 0 Å². The number of amides is 1. The average Bonchev–Trinajstić information content (AvgIpc) is 2.50. The highest BCUT2D eigenvalue weighted by Crippen LogP contribution is 2.26. The van der Waals surface area contributed by atoms with Crippen LogP contribution in [0.15, 0.2) is 18.2 Å². The summed E-state index contributed by atoms with van der Waals surface area (Å²) in [5.74, 6) is 0.975. The second-order valence-corrected chi connectivity index (χ2v) is 4.17. The van der Waals surface area contributed by atoms with Crippen LogP contribution in [0, 0.1) is 0 Å². The first kappa shape index (κ1) is 11.9. The van der Waals surface area contributed by atoms with E-state index in [9.17, 15) is 4.79 Å². The molecule has 1 aliphatic rings. The molecule has 4 nitrogen and oxygen atoms in total. The Morgan fingerprint density at radius 1 is 1.41 bits per heavy atom. The van der Waals surface area contributed by atoms with Crippen molar-refractivity contribution in [1.82, 2.24) is 5.32 Å². The molecule has 0 fully saturated rings. The average molecular weight is 234 g/mol. The number of anilines is 1. The summed E-state index contributed by atoms with van der Waals surface area (Å²) >= 11 is 0. The largest absolute Gasteiger partial charge is 0.492 e. The molecule has 1 aliphatic heterocycles. The molecule has 0 saturated carbocycles. The van der Waals surface area contributed by atoms with Gasteiger partial charge < -0.3 is 15.4 Å². The Morgan fingerprint density at radius 2 is 2.29 bits per heavy atom. The molecule has 2 N–H and O–H groups in total. The first-order valence-electron chi connectivity index (χ1n) is 6.00. The van der Waals surface area contributed by atoms with Gasteiger partial charge in [0.15, 0.2) is 0 Å². The second kappa shape index (κ2) is 5.68. The van der Waals surface area contributed by atoms with Crippen molar-refractivity contribution in [2.45, 2.75) is 19.3 Å². The normalized spacial score (nSPS) is 14.8. The summed E-state index contributed by atoms with van der Waals surface area (Å²) < 4.78 is 5.60. The van der Waals surface area contributed by atoms with E-state index in [1.54, 1.807) is 0 Å². The lowest BCUT2D eigenvalue weighted by Crippen LogP contribution is -2.16. The van der Waals surface area contributed by atoms with Gasteiger partial charge in [0.2, 0.25) is 5.91 Å². The lowest BCUT2D eigenvalue weighted by molar-refractivity contribution is -0.116. The number of carbonyl (C=O) groups is 1. The van der Waals surface area contributed by atoms with E-state index in [0.717, 1.165) is 36.4 Å². The van der Waals surface area contributed by atoms with Crippen LogP contribution in [0.25, 0.3) is 0 Å². The van der Waals surface area contributed by atoms with Gasteiger partial charge in [0.25, 0.3) is 0 Å². The molecule has 17 heavy (non-hydrogen) atoms. The molecular formula is C13H18N2O2. The Morgan fingerprint density at radius 3 is 3.12 bits per heavy atom. The number of nitrogens with one attached hydrogen (secondary N) is 2. The van der Waals surface area contributed by atoms with Crippen molar-refractivity contribution >= 4 is 11.6 Å². The number of carbonyl (C=O) groups excluding carboxylic acids is 1. The number of benzene rings is 1. The molecule has 0 aliphatic carbocycles. The number of aryl methyl sites for hydroxylation is 1. The number of hydrogen-bond acceptors (Lipinski definition) is 3. The van der Waals surface area contributed by atoms with Crippen molar-refractivity contribution in [2.75, 3.05) is 25.5 Å². The molecule has 1 heterocycles. The highest BCUT2D eigenvalue weighted by atomic mass is 16.5. The first-order valence-corrected chi connectivity index (χ1v) is 6.00. The Bertz CT molecular complexity index is 404. The zero-order valence-corrected chi connectivity index (χ0v) is 10.1. The highest BCUT2D eigenvalue weighted by molar-refractivity contribution is 5.92. The third kappa shape index (κ3) is 3.20. The third-order valence-electron chi connectivity index (χ3n) is 2.82. The van der Waals surface area contributed by atoms with Crippen molar-refractivity contribution in [3.05, 3.63) is 23.8 Å². The Kier molecular flexibility index (Phi) is 3.98. The topological polar surface area (TPSA) is 50.4 Å². The van der Waals surface area contributed by atoms with Gasteiger partial charge in [-0.3, -0.25) is 4.79 Å². The predicted octanol–water partition coefficient (Wildman–Crippen LogP) is 1.56. The lowest BCUT2D eigenvalue weighted by atomic mass is 10.1. The smallest absolute Gasteiger partial charge is 0.224 e. The summed E-state index contributed by atoms with van der Waals surface area (Å²) in [6, 6.07) is 5.85. The minimum absolute atomic E-state index is 0.104.